The highest BCUT2D eigenvalue weighted by Gasteiger charge is 2.83. The van der Waals surface area contributed by atoms with Gasteiger partial charge in [0.1, 0.15) is 0 Å². The maximum atomic E-state index is 11.3. The maximum absolute atomic E-state index is 11.3. The summed E-state index contributed by atoms with van der Waals surface area (Å²) in [5.74, 6) is 0.678. The topological polar surface area (TPSA) is 140 Å². The number of rotatable bonds is 18. The fourth-order valence-corrected chi connectivity index (χ4v) is 59.9. The van der Waals surface area contributed by atoms with Crippen LogP contribution in [0.2, 0.25) is 48.4 Å². The van der Waals surface area contributed by atoms with Crippen LogP contribution in [-0.4, -0.2) is 83.1 Å². The second kappa shape index (κ2) is 16.9. The van der Waals surface area contributed by atoms with Gasteiger partial charge in [-0.3, -0.25) is 0 Å². The predicted octanol–water partition coefficient (Wildman–Crippen LogP) is 8.08. The zero-order chi connectivity index (χ0) is 40.0. The molecule has 0 amide bonds. The molecule has 0 aromatic rings. The molecule has 6 heterocycles. The SMILES string of the molecule is CC(C)C[Si]12O[Si]3(CCCN=C=O)O[Si]4(CC(C)C)O[Si](CC(C)C)(O1)O[Si]1(CC(C)C)O[Si](CC(C)C)(O2)O[Si](CC(C)C)(O3)O[Si](CC(C)C)(O4)O1. The molecule has 0 saturated carbocycles. The lowest BCUT2D eigenvalue weighted by Crippen LogP contribution is -2.88. The highest BCUT2D eigenvalue weighted by molar-refractivity contribution is 7.03. The second-order valence-electron chi connectivity index (χ2n) is 19.0. The third kappa shape index (κ3) is 10.7. The minimum absolute atomic E-state index is 0.0847. The van der Waals surface area contributed by atoms with Gasteiger partial charge in [-0.1, -0.05) is 96.9 Å². The normalized spacial score (nSPS) is 40.5. The van der Waals surface area contributed by atoms with Crippen molar-refractivity contribution in [3.05, 3.63) is 0 Å². The van der Waals surface area contributed by atoms with Crippen LogP contribution in [0.1, 0.15) is 103 Å². The van der Waals surface area contributed by atoms with E-state index in [1.165, 1.54) is 0 Å². The fraction of sp³-hybridized carbons (Fsp3) is 0.969. The molecule has 14 nitrogen and oxygen atoms in total. The molecule has 0 radical (unpaired) electrons. The summed E-state index contributed by atoms with van der Waals surface area (Å²) in [6.07, 6.45) is 2.11. The Balaban J connectivity index is 1.95. The first kappa shape index (κ1) is 45.7. The van der Waals surface area contributed by atoms with Crippen LogP contribution in [0.4, 0.5) is 0 Å². The third-order valence-electron chi connectivity index (χ3n) is 9.16. The molecule has 0 aliphatic carbocycles. The van der Waals surface area contributed by atoms with Gasteiger partial charge >= 0.3 is 70.4 Å². The summed E-state index contributed by atoms with van der Waals surface area (Å²) in [6, 6.07) is 3.45. The molecule has 0 unspecified atom stereocenters. The summed E-state index contributed by atoms with van der Waals surface area (Å²) in [5.41, 5.74) is 0. The monoisotopic (exact) mass is 899 g/mol. The number of carbonyl (C=O) groups excluding carboxylic acids is 1. The van der Waals surface area contributed by atoms with E-state index in [2.05, 4.69) is 102 Å². The zero-order valence-corrected chi connectivity index (χ0v) is 43.4. The van der Waals surface area contributed by atoms with Gasteiger partial charge in [0.2, 0.25) is 6.08 Å². The Morgan fingerprint density at radius 2 is 0.537 bits per heavy atom. The molecule has 0 atom stereocenters. The van der Waals surface area contributed by atoms with Gasteiger partial charge in [-0.25, -0.2) is 9.79 Å². The molecule has 6 rings (SSSR count). The van der Waals surface area contributed by atoms with Crippen LogP contribution in [0, 0.1) is 41.4 Å². The summed E-state index contributed by atoms with van der Waals surface area (Å²) in [7, 11) is -31.6. The first-order valence-corrected chi connectivity index (χ1v) is 35.9. The van der Waals surface area contributed by atoms with Gasteiger partial charge in [-0.05, 0) is 47.8 Å². The zero-order valence-electron chi connectivity index (χ0n) is 35.4. The van der Waals surface area contributed by atoms with E-state index in [1.807, 2.05) is 0 Å². The van der Waals surface area contributed by atoms with E-state index in [0.717, 1.165) is 0 Å². The first-order valence-electron chi connectivity index (χ1n) is 20.4. The molecular weight excluding hydrogens is 831 g/mol. The van der Waals surface area contributed by atoms with E-state index in [0.29, 0.717) is 54.8 Å². The van der Waals surface area contributed by atoms with Crippen molar-refractivity contribution in [3.63, 3.8) is 0 Å². The lowest BCUT2D eigenvalue weighted by atomic mass is 10.3. The molecule has 0 aromatic carbocycles. The quantitative estimate of drug-likeness (QED) is 0.0567. The Hall–Kier alpha value is 0.635. The third-order valence-corrected chi connectivity index (χ3v) is 49.2. The highest BCUT2D eigenvalue weighted by atomic mass is 28.6. The van der Waals surface area contributed by atoms with Crippen molar-refractivity contribution in [2.45, 2.75) is 152 Å². The summed E-state index contributed by atoms with van der Waals surface area (Å²) >= 11 is 0. The molecule has 22 heteroatoms. The van der Waals surface area contributed by atoms with Crippen LogP contribution in [0.15, 0.2) is 4.99 Å². The molecule has 6 saturated heterocycles. The molecule has 0 N–H and O–H groups in total. The highest BCUT2D eigenvalue weighted by Crippen LogP contribution is 2.55. The van der Waals surface area contributed by atoms with E-state index in [9.17, 15) is 4.79 Å². The summed E-state index contributed by atoms with van der Waals surface area (Å²) in [5, 5.41) is 0. The number of nitrogens with zero attached hydrogens (tertiary/aromatic N) is 1. The van der Waals surface area contributed by atoms with Gasteiger partial charge in [0.25, 0.3) is 0 Å². The predicted molar refractivity (Wildman–Crippen MR) is 219 cm³/mol. The smallest absolute Gasteiger partial charge is 0.373 e. The van der Waals surface area contributed by atoms with Gasteiger partial charge < -0.3 is 49.4 Å². The average molecular weight is 901 g/mol. The Kier molecular flexibility index (Phi) is 14.3. The summed E-state index contributed by atoms with van der Waals surface area (Å²) in [6.45, 7) is 30.2. The van der Waals surface area contributed by atoms with E-state index >= 15 is 0 Å². The van der Waals surface area contributed by atoms with Crippen molar-refractivity contribution in [3.8, 4) is 0 Å². The summed E-state index contributed by atoms with van der Waals surface area (Å²) < 4.78 is 92.4. The lowest BCUT2D eigenvalue weighted by Gasteiger charge is -2.64. The molecule has 54 heavy (non-hydrogen) atoms. The Bertz CT molecular complexity index is 1200. The van der Waals surface area contributed by atoms with Gasteiger partial charge in [-0.2, -0.15) is 0 Å². The number of aliphatic imine (C=N–C) groups is 1. The van der Waals surface area contributed by atoms with Crippen LogP contribution in [-0.2, 0) is 54.2 Å². The largest absolute Gasteiger partial charge is 0.479 e. The van der Waals surface area contributed by atoms with Gasteiger partial charge in [0.15, 0.2) is 0 Å². The second-order valence-corrected chi connectivity index (χ2v) is 43.0. The Morgan fingerprint density at radius 1 is 0.352 bits per heavy atom. The van der Waals surface area contributed by atoms with E-state index in [4.69, 9.17) is 49.4 Å². The van der Waals surface area contributed by atoms with Crippen LogP contribution < -0.4 is 0 Å². The molecule has 6 aliphatic rings. The summed E-state index contributed by atoms with van der Waals surface area (Å²) in [4.78, 5) is 15.2. The molecule has 312 valence electrons. The van der Waals surface area contributed by atoms with Gasteiger partial charge in [0, 0.05) is 48.4 Å². The maximum Gasteiger partial charge on any atom is 0.479 e. The van der Waals surface area contributed by atoms with Crippen molar-refractivity contribution in [1.29, 1.82) is 0 Å². The molecule has 8 bridgehead atoms. The first-order chi connectivity index (χ1) is 25.0. The standard InChI is InChI=1S/C32H69NO13Si8/c1-26(2)18-48-35-47(17-15-16-33-25-34)36-49(19-27(3)4)40-51(38-48,21-29(7)8)44-54(24-32(13)14)45-52(39-48,22-30(9)10)41-50(37-47,20-28(5)6)43-53(42-49,46-54)23-31(11)12/h26-32H,15-24H2,1-14H3. The van der Waals surface area contributed by atoms with Crippen molar-refractivity contribution < 1.29 is 54.2 Å². The van der Waals surface area contributed by atoms with Crippen LogP contribution in [0.5, 0.6) is 0 Å². The molecule has 0 spiro atoms. The van der Waals surface area contributed by atoms with Crippen molar-refractivity contribution >= 4 is 76.5 Å². The number of hydrogen-bond donors (Lipinski definition) is 0. The lowest BCUT2D eigenvalue weighted by molar-refractivity contribution is -0.0341. The Labute approximate surface area is 333 Å². The van der Waals surface area contributed by atoms with Crippen molar-refractivity contribution in [2.24, 2.45) is 46.4 Å². The average Bonchev–Trinajstić information content (AvgIpc) is 2.88. The molecular formula is C32H69NO13Si8. The minimum atomic E-state index is -4.03. The van der Waals surface area contributed by atoms with Gasteiger partial charge in [-0.15, -0.1) is 0 Å². The Morgan fingerprint density at radius 3 is 0.704 bits per heavy atom. The van der Waals surface area contributed by atoms with Crippen molar-refractivity contribution in [1.82, 2.24) is 0 Å². The van der Waals surface area contributed by atoms with Crippen LogP contribution in [0.25, 0.3) is 0 Å². The number of hydrogen-bond acceptors (Lipinski definition) is 14. The number of isocyanates is 1. The van der Waals surface area contributed by atoms with Gasteiger partial charge in [0.05, 0.1) is 6.54 Å². The molecule has 6 fully saturated rings. The van der Waals surface area contributed by atoms with Crippen LogP contribution in [0.3, 0.4) is 0 Å². The van der Waals surface area contributed by atoms with Crippen LogP contribution >= 0.6 is 0 Å². The molecule has 0 aromatic heterocycles. The fourth-order valence-electron chi connectivity index (χ4n) is 8.29. The van der Waals surface area contributed by atoms with E-state index in [1.54, 1.807) is 6.08 Å². The van der Waals surface area contributed by atoms with Crippen molar-refractivity contribution in [2.75, 3.05) is 6.54 Å². The molecule has 6 aliphatic heterocycles. The van der Waals surface area contributed by atoms with E-state index in [-0.39, 0.29) is 48.0 Å². The van der Waals surface area contributed by atoms with E-state index < -0.39 is 70.4 Å². The minimum Gasteiger partial charge on any atom is -0.373 e.